The van der Waals surface area contributed by atoms with Crippen molar-refractivity contribution in [2.75, 3.05) is 0 Å². The average molecular weight is 158 g/mol. The molecule has 0 heterocycles. The molecule has 0 aliphatic rings. The molecule has 0 aliphatic carbocycles. The van der Waals surface area contributed by atoms with E-state index < -0.39 is 6.10 Å². The second-order valence-corrected chi connectivity index (χ2v) is 1.55. The average Bonchev–Trinajstić information content (AvgIpc) is 1.27. The van der Waals surface area contributed by atoms with Crippen molar-refractivity contribution in [2.45, 2.75) is 20.0 Å². The van der Waals surface area contributed by atoms with Crippen LogP contribution in [-0.2, 0) is 17.1 Å². The van der Waals surface area contributed by atoms with E-state index in [-0.39, 0.29) is 22.8 Å². The molecule has 0 aromatic carbocycles. The number of hydrogen-bond acceptors (Lipinski definition) is 2. The van der Waals surface area contributed by atoms with Gasteiger partial charge in [-0.25, -0.2) is 0 Å². The maximum absolute atomic E-state index is 8.49. The molecule has 3 heteroatoms. The van der Waals surface area contributed by atoms with Crippen molar-refractivity contribution in [3.8, 4) is 0 Å². The van der Waals surface area contributed by atoms with Gasteiger partial charge in [0.1, 0.15) is 0 Å². The minimum Gasteiger partial charge on any atom is -0.513 e. The Morgan fingerprint density at radius 2 is 2.00 bits per heavy atom. The van der Waals surface area contributed by atoms with E-state index in [1.807, 2.05) is 0 Å². The number of allylic oxidation sites excluding steroid dienone is 1. The Hall–Kier alpha value is 0.0195. The smallest absolute Gasteiger partial charge is 0.0877 e. The molecule has 0 bridgehead atoms. The van der Waals surface area contributed by atoms with E-state index in [1.54, 1.807) is 6.92 Å². The summed E-state index contributed by atoms with van der Waals surface area (Å²) in [6.45, 7) is 3.10. The van der Waals surface area contributed by atoms with Crippen molar-refractivity contribution in [3.63, 3.8) is 0 Å². The third-order valence-corrected chi connectivity index (χ3v) is 0.482. The number of aliphatic hydroxyl groups excluding tert-OH is 2. The molecule has 2 nitrogen and oxygen atoms in total. The first kappa shape index (κ1) is 10.9. The fourth-order valence-electron chi connectivity index (χ4n) is 0.349. The van der Waals surface area contributed by atoms with Crippen molar-refractivity contribution >= 4 is 0 Å². The largest absolute Gasteiger partial charge is 0.513 e. The molecule has 2 N–H and O–H groups in total. The van der Waals surface area contributed by atoms with Crippen LogP contribution in [-0.4, -0.2) is 16.3 Å². The maximum Gasteiger partial charge on any atom is 0.0877 e. The molecule has 0 amide bonds. The first-order valence-corrected chi connectivity index (χ1v) is 2.18. The minimum absolute atomic E-state index is 0. The normalized spacial score (nSPS) is 14.6. The van der Waals surface area contributed by atoms with Gasteiger partial charge >= 0.3 is 0 Å². The van der Waals surface area contributed by atoms with E-state index in [4.69, 9.17) is 10.2 Å². The predicted octanol–water partition coefficient (Wildman–Crippen LogP) is 0.826. The summed E-state index contributed by atoms with van der Waals surface area (Å²) in [5.41, 5.74) is 0. The summed E-state index contributed by atoms with van der Waals surface area (Å²) in [7, 11) is 0. The van der Waals surface area contributed by atoms with Crippen molar-refractivity contribution < 1.29 is 27.3 Å². The second-order valence-electron chi connectivity index (χ2n) is 1.55. The van der Waals surface area contributed by atoms with E-state index in [9.17, 15) is 0 Å². The molecule has 0 saturated heterocycles. The van der Waals surface area contributed by atoms with Crippen LogP contribution in [0.1, 0.15) is 13.8 Å². The van der Waals surface area contributed by atoms with Gasteiger partial charge in [-0.15, -0.1) is 0 Å². The Morgan fingerprint density at radius 3 is 2.00 bits per heavy atom. The van der Waals surface area contributed by atoms with Crippen LogP contribution >= 0.6 is 0 Å². The second kappa shape index (κ2) is 5.16. The Kier molecular flexibility index (Phi) is 7.04. The molecule has 0 radical (unpaired) electrons. The summed E-state index contributed by atoms with van der Waals surface area (Å²) < 4.78 is 0. The van der Waals surface area contributed by atoms with Gasteiger partial charge < -0.3 is 10.2 Å². The van der Waals surface area contributed by atoms with Crippen molar-refractivity contribution in [2.24, 2.45) is 0 Å². The van der Waals surface area contributed by atoms with Gasteiger partial charge in [-0.1, -0.05) is 0 Å². The molecule has 8 heavy (non-hydrogen) atoms. The molecule has 0 aromatic heterocycles. The van der Waals surface area contributed by atoms with Gasteiger partial charge in [0.05, 0.1) is 11.9 Å². The summed E-state index contributed by atoms with van der Waals surface area (Å²) in [5.74, 6) is 0.162. The van der Waals surface area contributed by atoms with Crippen LogP contribution in [0.25, 0.3) is 0 Å². The zero-order chi connectivity index (χ0) is 5.86. The van der Waals surface area contributed by atoms with Gasteiger partial charge in [0, 0.05) is 17.1 Å². The van der Waals surface area contributed by atoms with E-state index in [1.165, 1.54) is 13.0 Å². The van der Waals surface area contributed by atoms with Gasteiger partial charge in [0.2, 0.25) is 0 Å². The number of hydrogen-bond donors (Lipinski definition) is 2. The summed E-state index contributed by atoms with van der Waals surface area (Å²) in [5, 5.41) is 16.9. The molecular weight excluding hydrogens is 148 g/mol. The first-order valence-electron chi connectivity index (χ1n) is 2.18. The third-order valence-electron chi connectivity index (χ3n) is 0.482. The van der Waals surface area contributed by atoms with Crippen LogP contribution in [0.3, 0.4) is 0 Å². The summed E-state index contributed by atoms with van der Waals surface area (Å²) >= 11 is 0. The van der Waals surface area contributed by atoms with E-state index in [0.29, 0.717) is 0 Å². The fraction of sp³-hybridized carbons (Fsp3) is 0.600. The first-order chi connectivity index (χ1) is 3.13. The molecule has 0 saturated carbocycles. The standard InChI is InChI=1S/C5H10O2.Fe/c1-4(6)3-5(2)7;/h3-4,6-7H,1-2H3;/b5-3-;. The monoisotopic (exact) mass is 158 g/mol. The third kappa shape index (κ3) is 9.39. The molecule has 0 spiro atoms. The summed E-state index contributed by atoms with van der Waals surface area (Å²) in [6, 6.07) is 0. The van der Waals surface area contributed by atoms with Gasteiger partial charge in [0.15, 0.2) is 0 Å². The molecule has 1 unspecified atom stereocenters. The molecule has 0 fully saturated rings. The van der Waals surface area contributed by atoms with Crippen molar-refractivity contribution in [3.05, 3.63) is 11.8 Å². The Balaban J connectivity index is 0. The zero-order valence-electron chi connectivity index (χ0n) is 4.90. The molecule has 1 atom stereocenters. The topological polar surface area (TPSA) is 40.5 Å². The molecule has 0 aliphatic heterocycles. The molecular formula is C5H10FeO2. The van der Waals surface area contributed by atoms with Crippen LogP contribution < -0.4 is 0 Å². The summed E-state index contributed by atoms with van der Waals surface area (Å²) in [4.78, 5) is 0. The zero-order valence-corrected chi connectivity index (χ0v) is 6.01. The number of aliphatic hydroxyl groups is 2. The van der Waals surface area contributed by atoms with Crippen LogP contribution in [0.5, 0.6) is 0 Å². The Bertz CT molecular complexity index is 74.5. The van der Waals surface area contributed by atoms with Crippen LogP contribution in [0, 0.1) is 0 Å². The van der Waals surface area contributed by atoms with Gasteiger partial charge in [-0.2, -0.15) is 0 Å². The minimum atomic E-state index is -0.537. The predicted molar refractivity (Wildman–Crippen MR) is 28.1 cm³/mol. The molecule has 50 valence electrons. The van der Waals surface area contributed by atoms with E-state index in [2.05, 4.69) is 0 Å². The Labute approximate surface area is 59.7 Å². The maximum atomic E-state index is 8.49. The van der Waals surface area contributed by atoms with Crippen LogP contribution in [0.2, 0.25) is 0 Å². The Morgan fingerprint density at radius 1 is 1.62 bits per heavy atom. The fourth-order valence-corrected chi connectivity index (χ4v) is 0.349. The van der Waals surface area contributed by atoms with Crippen LogP contribution in [0.4, 0.5) is 0 Å². The quantitative estimate of drug-likeness (QED) is 0.438. The van der Waals surface area contributed by atoms with Gasteiger partial charge in [-0.05, 0) is 19.9 Å². The SMILES string of the molecule is C/C(O)=C/C(C)O.[Fe]. The van der Waals surface area contributed by atoms with Crippen molar-refractivity contribution in [1.29, 1.82) is 0 Å². The number of rotatable bonds is 1. The molecule has 0 aromatic rings. The van der Waals surface area contributed by atoms with Gasteiger partial charge in [0.25, 0.3) is 0 Å². The van der Waals surface area contributed by atoms with Gasteiger partial charge in [-0.3, -0.25) is 0 Å². The van der Waals surface area contributed by atoms with Crippen LogP contribution in [0.15, 0.2) is 11.8 Å². The van der Waals surface area contributed by atoms with E-state index in [0.717, 1.165) is 0 Å². The van der Waals surface area contributed by atoms with E-state index >= 15 is 0 Å². The molecule has 0 rings (SSSR count). The van der Waals surface area contributed by atoms with Crippen molar-refractivity contribution in [1.82, 2.24) is 0 Å². The summed E-state index contributed by atoms with van der Waals surface area (Å²) in [6.07, 6.45) is 0.824.